The third kappa shape index (κ3) is 2.04. The van der Waals surface area contributed by atoms with Gasteiger partial charge in [0.05, 0.1) is 0 Å². The number of aryl methyl sites for hydroxylation is 1. The van der Waals surface area contributed by atoms with E-state index in [1.54, 1.807) is 6.07 Å². The largest absolute Gasteiger partial charge is 0.489 e. The topological polar surface area (TPSA) is 21.3 Å². The molecule has 1 aromatic rings. The second-order valence-corrected chi connectivity index (χ2v) is 3.64. The maximum Gasteiger partial charge on any atom is 0.126 e. The van der Waals surface area contributed by atoms with Crippen molar-refractivity contribution in [3.8, 4) is 5.75 Å². The zero-order chi connectivity index (χ0) is 9.97. The number of nitrogens with one attached hydrogen (secondary N) is 1. The molecule has 0 unspecified atom stereocenters. The van der Waals surface area contributed by atoms with Gasteiger partial charge in [0.25, 0.3) is 0 Å². The van der Waals surface area contributed by atoms with Crippen LogP contribution in [0.25, 0.3) is 0 Å². The summed E-state index contributed by atoms with van der Waals surface area (Å²) < 4.78 is 18.6. The fourth-order valence-electron chi connectivity index (χ4n) is 1.61. The van der Waals surface area contributed by atoms with Crippen LogP contribution in [0.1, 0.15) is 12.0 Å². The predicted octanol–water partition coefficient (Wildman–Crippen LogP) is 1.87. The highest BCUT2D eigenvalue weighted by atomic mass is 19.1. The molecule has 14 heavy (non-hydrogen) atoms. The third-order valence-electron chi connectivity index (χ3n) is 2.46. The molecule has 1 aliphatic heterocycles. The highest BCUT2D eigenvalue weighted by Gasteiger charge is 2.16. The zero-order valence-electron chi connectivity index (χ0n) is 8.22. The lowest BCUT2D eigenvalue weighted by molar-refractivity contribution is 0.220. The minimum atomic E-state index is -0.239. The molecule has 1 fully saturated rings. The van der Waals surface area contributed by atoms with Crippen LogP contribution in [0.15, 0.2) is 18.2 Å². The average Bonchev–Trinajstić information content (AvgIpc) is 2.64. The van der Waals surface area contributed by atoms with Crippen molar-refractivity contribution < 1.29 is 9.13 Å². The molecule has 1 saturated heterocycles. The fourth-order valence-corrected chi connectivity index (χ4v) is 1.61. The van der Waals surface area contributed by atoms with E-state index in [4.69, 9.17) is 4.74 Å². The molecule has 0 saturated carbocycles. The Morgan fingerprint density at radius 1 is 1.50 bits per heavy atom. The van der Waals surface area contributed by atoms with Crippen molar-refractivity contribution in [2.24, 2.45) is 0 Å². The van der Waals surface area contributed by atoms with Crippen LogP contribution in [0.4, 0.5) is 4.39 Å². The first-order chi connectivity index (χ1) is 6.75. The minimum Gasteiger partial charge on any atom is -0.489 e. The molecule has 0 aromatic heterocycles. The molecule has 76 valence electrons. The van der Waals surface area contributed by atoms with Crippen LogP contribution in [0.5, 0.6) is 5.75 Å². The first-order valence-corrected chi connectivity index (χ1v) is 4.89. The summed E-state index contributed by atoms with van der Waals surface area (Å²) in [6.45, 7) is 3.77. The Balaban J connectivity index is 2.10. The van der Waals surface area contributed by atoms with E-state index in [9.17, 15) is 4.39 Å². The van der Waals surface area contributed by atoms with Gasteiger partial charge in [0.2, 0.25) is 0 Å². The molecule has 1 aliphatic rings. The van der Waals surface area contributed by atoms with Crippen molar-refractivity contribution in [3.05, 3.63) is 29.6 Å². The van der Waals surface area contributed by atoms with E-state index in [1.807, 2.05) is 6.92 Å². The molecule has 0 bridgehead atoms. The van der Waals surface area contributed by atoms with Gasteiger partial charge in [-0.15, -0.1) is 0 Å². The van der Waals surface area contributed by atoms with Crippen LogP contribution in [0, 0.1) is 12.7 Å². The van der Waals surface area contributed by atoms with Crippen molar-refractivity contribution in [2.75, 3.05) is 13.1 Å². The van der Waals surface area contributed by atoms with Gasteiger partial charge < -0.3 is 10.1 Å². The van der Waals surface area contributed by atoms with Crippen molar-refractivity contribution in [1.82, 2.24) is 5.32 Å². The Labute approximate surface area is 83.1 Å². The number of rotatable bonds is 2. The zero-order valence-corrected chi connectivity index (χ0v) is 8.22. The first-order valence-electron chi connectivity index (χ1n) is 4.89. The van der Waals surface area contributed by atoms with Crippen molar-refractivity contribution in [1.29, 1.82) is 0 Å². The lowest BCUT2D eigenvalue weighted by Crippen LogP contribution is -2.20. The predicted molar refractivity (Wildman–Crippen MR) is 53.0 cm³/mol. The summed E-state index contributed by atoms with van der Waals surface area (Å²) in [6, 6.07) is 4.65. The van der Waals surface area contributed by atoms with Gasteiger partial charge in [0.15, 0.2) is 0 Å². The summed E-state index contributed by atoms with van der Waals surface area (Å²) in [6.07, 6.45) is 1.19. The summed E-state index contributed by atoms with van der Waals surface area (Å²) in [5.41, 5.74) is 0.985. The fraction of sp³-hybridized carbons (Fsp3) is 0.455. The molecule has 1 atom stereocenters. The molecular weight excluding hydrogens is 181 g/mol. The maximum atomic E-state index is 12.9. The molecule has 0 radical (unpaired) electrons. The Morgan fingerprint density at radius 2 is 2.36 bits per heavy atom. The maximum absolute atomic E-state index is 12.9. The standard InChI is InChI=1S/C11H14FNO/c1-8-2-3-9(12)6-11(8)14-10-4-5-13-7-10/h2-3,6,10,13H,4-5,7H2,1H3/t10-/m0/s1. The normalized spacial score (nSPS) is 21.1. The van der Waals surface area contributed by atoms with Gasteiger partial charge in [-0.1, -0.05) is 6.07 Å². The summed E-state index contributed by atoms with van der Waals surface area (Å²) in [7, 11) is 0. The lowest BCUT2D eigenvalue weighted by Gasteiger charge is -2.14. The highest BCUT2D eigenvalue weighted by Crippen LogP contribution is 2.21. The van der Waals surface area contributed by atoms with Crippen LogP contribution >= 0.6 is 0 Å². The van der Waals surface area contributed by atoms with Gasteiger partial charge in [0.1, 0.15) is 17.7 Å². The van der Waals surface area contributed by atoms with Crippen LogP contribution < -0.4 is 10.1 Å². The number of halogens is 1. The lowest BCUT2D eigenvalue weighted by atomic mass is 10.2. The SMILES string of the molecule is Cc1ccc(F)cc1O[C@H]1CCNC1. The van der Waals surface area contributed by atoms with E-state index in [-0.39, 0.29) is 11.9 Å². The number of hydrogen-bond acceptors (Lipinski definition) is 2. The summed E-state index contributed by atoms with van der Waals surface area (Å²) in [4.78, 5) is 0. The van der Waals surface area contributed by atoms with Gasteiger partial charge in [-0.25, -0.2) is 4.39 Å². The molecule has 1 N–H and O–H groups in total. The van der Waals surface area contributed by atoms with E-state index in [1.165, 1.54) is 12.1 Å². The summed E-state index contributed by atoms with van der Waals surface area (Å²) in [5.74, 6) is 0.426. The number of benzene rings is 1. The van der Waals surface area contributed by atoms with E-state index in [2.05, 4.69) is 5.32 Å². The van der Waals surface area contributed by atoms with Crippen LogP contribution in [0.3, 0.4) is 0 Å². The molecule has 3 heteroatoms. The van der Waals surface area contributed by atoms with Gasteiger partial charge in [-0.2, -0.15) is 0 Å². The first kappa shape index (κ1) is 9.46. The highest BCUT2D eigenvalue weighted by molar-refractivity contribution is 5.32. The quantitative estimate of drug-likeness (QED) is 0.778. The van der Waals surface area contributed by atoms with Crippen LogP contribution in [0.2, 0.25) is 0 Å². The Bertz CT molecular complexity index is 321. The average molecular weight is 195 g/mol. The monoisotopic (exact) mass is 195 g/mol. The second kappa shape index (κ2) is 3.96. The molecule has 0 aliphatic carbocycles. The Morgan fingerprint density at radius 3 is 3.07 bits per heavy atom. The van der Waals surface area contributed by atoms with Crippen LogP contribution in [-0.2, 0) is 0 Å². The molecule has 1 heterocycles. The van der Waals surface area contributed by atoms with Crippen molar-refractivity contribution in [2.45, 2.75) is 19.4 Å². The molecule has 2 nitrogen and oxygen atoms in total. The molecule has 1 aromatic carbocycles. The minimum absolute atomic E-state index is 0.190. The van der Waals surface area contributed by atoms with E-state index in [0.29, 0.717) is 5.75 Å². The van der Waals surface area contributed by atoms with Gasteiger partial charge in [0, 0.05) is 12.6 Å². The Kier molecular flexibility index (Phi) is 2.68. The van der Waals surface area contributed by atoms with Crippen molar-refractivity contribution >= 4 is 0 Å². The van der Waals surface area contributed by atoms with E-state index < -0.39 is 0 Å². The van der Waals surface area contributed by atoms with Crippen LogP contribution in [-0.4, -0.2) is 19.2 Å². The van der Waals surface area contributed by atoms with E-state index >= 15 is 0 Å². The second-order valence-electron chi connectivity index (χ2n) is 3.64. The van der Waals surface area contributed by atoms with Gasteiger partial charge in [-0.3, -0.25) is 0 Å². The third-order valence-corrected chi connectivity index (χ3v) is 2.46. The van der Waals surface area contributed by atoms with Crippen molar-refractivity contribution in [3.63, 3.8) is 0 Å². The summed E-state index contributed by atoms with van der Waals surface area (Å²) in [5, 5.41) is 3.21. The number of ether oxygens (including phenoxy) is 1. The van der Waals surface area contributed by atoms with Gasteiger partial charge >= 0.3 is 0 Å². The molecule has 0 spiro atoms. The van der Waals surface area contributed by atoms with Gasteiger partial charge in [-0.05, 0) is 31.5 Å². The Hall–Kier alpha value is -1.09. The molecule has 0 amide bonds. The van der Waals surface area contributed by atoms with E-state index in [0.717, 1.165) is 25.1 Å². The number of hydrogen-bond donors (Lipinski definition) is 1. The molecular formula is C11H14FNO. The summed E-state index contributed by atoms with van der Waals surface area (Å²) >= 11 is 0. The molecule has 2 rings (SSSR count). The smallest absolute Gasteiger partial charge is 0.126 e.